The van der Waals surface area contributed by atoms with Crippen LogP contribution in [0.1, 0.15) is 11.1 Å². The van der Waals surface area contributed by atoms with E-state index in [1.165, 1.54) is 0 Å². The zero-order valence-electron chi connectivity index (χ0n) is 13.3. The maximum absolute atomic E-state index is 10.00. The van der Waals surface area contributed by atoms with Crippen LogP contribution in [0.4, 0.5) is 0 Å². The lowest BCUT2D eigenvalue weighted by Crippen LogP contribution is -2.58. The first-order valence-electron chi connectivity index (χ1n) is 7.86. The maximum atomic E-state index is 10.00. The summed E-state index contributed by atoms with van der Waals surface area (Å²) >= 11 is 0. The Labute approximate surface area is 145 Å². The van der Waals surface area contributed by atoms with Gasteiger partial charge in [0.1, 0.15) is 30.5 Å². The highest BCUT2D eigenvalue weighted by Gasteiger charge is 2.42. The SMILES string of the molecule is C#Cc1ccc2ccc(C#CC3OC(CO)[C@@H](O)C(O)C3O)cc2c1. The molecule has 5 heteroatoms. The van der Waals surface area contributed by atoms with Crippen LogP contribution in [0.5, 0.6) is 0 Å². The Morgan fingerprint density at radius 2 is 1.60 bits per heavy atom. The van der Waals surface area contributed by atoms with Crippen molar-refractivity contribution in [2.24, 2.45) is 0 Å². The molecule has 1 heterocycles. The molecule has 0 saturated carbocycles. The molecular weight excluding hydrogens is 320 g/mol. The molecule has 0 amide bonds. The van der Waals surface area contributed by atoms with Crippen LogP contribution in [0.25, 0.3) is 10.8 Å². The Balaban J connectivity index is 1.87. The Hall–Kier alpha value is -2.38. The third-order valence-corrected chi connectivity index (χ3v) is 4.26. The molecule has 1 fully saturated rings. The van der Waals surface area contributed by atoms with E-state index in [4.69, 9.17) is 11.2 Å². The quantitative estimate of drug-likeness (QED) is 0.550. The topological polar surface area (TPSA) is 90.2 Å². The lowest BCUT2D eigenvalue weighted by Gasteiger charge is -2.37. The third-order valence-electron chi connectivity index (χ3n) is 4.26. The Kier molecular flexibility index (Phi) is 5.06. The van der Waals surface area contributed by atoms with Crippen molar-refractivity contribution in [2.45, 2.75) is 30.5 Å². The van der Waals surface area contributed by atoms with Crippen LogP contribution < -0.4 is 0 Å². The van der Waals surface area contributed by atoms with E-state index in [0.29, 0.717) is 5.56 Å². The summed E-state index contributed by atoms with van der Waals surface area (Å²) in [7, 11) is 0. The van der Waals surface area contributed by atoms with E-state index < -0.39 is 37.1 Å². The van der Waals surface area contributed by atoms with Crippen molar-refractivity contribution in [3.8, 4) is 24.2 Å². The summed E-state index contributed by atoms with van der Waals surface area (Å²) in [5.41, 5.74) is 1.46. The summed E-state index contributed by atoms with van der Waals surface area (Å²) in [6.45, 7) is -0.478. The van der Waals surface area contributed by atoms with Crippen LogP contribution >= 0.6 is 0 Å². The summed E-state index contributed by atoms with van der Waals surface area (Å²) in [4.78, 5) is 0. The fourth-order valence-corrected chi connectivity index (χ4v) is 2.79. The molecule has 0 aliphatic carbocycles. The highest BCUT2D eigenvalue weighted by molar-refractivity contribution is 5.85. The van der Waals surface area contributed by atoms with Gasteiger partial charge in [0.05, 0.1) is 6.61 Å². The van der Waals surface area contributed by atoms with Crippen LogP contribution in [0.15, 0.2) is 36.4 Å². The van der Waals surface area contributed by atoms with Crippen molar-refractivity contribution < 1.29 is 25.2 Å². The lowest BCUT2D eigenvalue weighted by atomic mass is 9.95. The normalized spacial score (nSPS) is 28.8. The number of hydrogen-bond acceptors (Lipinski definition) is 5. The summed E-state index contributed by atoms with van der Waals surface area (Å²) in [5, 5.41) is 40.7. The molecule has 1 saturated heterocycles. The smallest absolute Gasteiger partial charge is 0.147 e. The number of hydrogen-bond donors (Lipinski definition) is 4. The van der Waals surface area contributed by atoms with E-state index >= 15 is 0 Å². The van der Waals surface area contributed by atoms with Crippen molar-refractivity contribution in [3.63, 3.8) is 0 Å². The van der Waals surface area contributed by atoms with Gasteiger partial charge < -0.3 is 25.2 Å². The molecule has 5 nitrogen and oxygen atoms in total. The molecular formula is C20H18O5. The van der Waals surface area contributed by atoms with Gasteiger partial charge in [-0.15, -0.1) is 6.42 Å². The molecule has 4 unspecified atom stereocenters. The predicted molar refractivity (Wildman–Crippen MR) is 92.5 cm³/mol. The van der Waals surface area contributed by atoms with Gasteiger partial charge in [0.15, 0.2) is 0 Å². The number of ether oxygens (including phenoxy) is 1. The van der Waals surface area contributed by atoms with E-state index in [1.54, 1.807) is 0 Å². The summed E-state index contributed by atoms with van der Waals surface area (Å²) in [6.07, 6.45) is -0.743. The van der Waals surface area contributed by atoms with Gasteiger partial charge in [-0.3, -0.25) is 0 Å². The number of fused-ring (bicyclic) bond motifs is 1. The van der Waals surface area contributed by atoms with Crippen LogP contribution in [-0.4, -0.2) is 57.6 Å². The van der Waals surface area contributed by atoms with Gasteiger partial charge in [0.25, 0.3) is 0 Å². The minimum Gasteiger partial charge on any atom is -0.394 e. The molecule has 25 heavy (non-hydrogen) atoms. The molecule has 4 N–H and O–H groups in total. The molecule has 0 aromatic heterocycles. The lowest BCUT2D eigenvalue weighted by molar-refractivity contribution is -0.214. The van der Waals surface area contributed by atoms with Gasteiger partial charge in [0.2, 0.25) is 0 Å². The summed E-state index contributed by atoms with van der Waals surface area (Å²) < 4.78 is 5.37. The first kappa shape index (κ1) is 17.4. The predicted octanol–water partition coefficient (Wildman–Crippen LogP) is 0.0150. The second-order valence-electron chi connectivity index (χ2n) is 5.94. The maximum Gasteiger partial charge on any atom is 0.147 e. The fraction of sp³-hybridized carbons (Fsp3) is 0.300. The minimum absolute atomic E-state index is 0.478. The van der Waals surface area contributed by atoms with E-state index in [2.05, 4.69) is 17.8 Å². The van der Waals surface area contributed by atoms with E-state index in [9.17, 15) is 20.4 Å². The van der Waals surface area contributed by atoms with Crippen molar-refractivity contribution in [1.82, 2.24) is 0 Å². The highest BCUT2D eigenvalue weighted by Crippen LogP contribution is 2.21. The third kappa shape index (κ3) is 3.52. The number of aliphatic hydroxyl groups excluding tert-OH is 4. The zero-order valence-corrected chi connectivity index (χ0v) is 13.3. The number of aliphatic hydroxyl groups is 4. The number of terminal acetylenes is 1. The summed E-state index contributed by atoms with van der Waals surface area (Å²) in [5.74, 6) is 8.23. The van der Waals surface area contributed by atoms with Gasteiger partial charge in [0, 0.05) is 11.1 Å². The molecule has 5 atom stereocenters. The van der Waals surface area contributed by atoms with Crippen LogP contribution in [0, 0.1) is 24.2 Å². The van der Waals surface area contributed by atoms with Gasteiger partial charge in [-0.2, -0.15) is 0 Å². The molecule has 128 valence electrons. The zero-order chi connectivity index (χ0) is 18.0. The van der Waals surface area contributed by atoms with Crippen molar-refractivity contribution in [1.29, 1.82) is 0 Å². The summed E-state index contributed by atoms with van der Waals surface area (Å²) in [6, 6.07) is 11.3. The van der Waals surface area contributed by atoms with Crippen molar-refractivity contribution >= 4 is 10.8 Å². The van der Waals surface area contributed by atoms with Crippen molar-refractivity contribution in [2.75, 3.05) is 6.61 Å². The van der Waals surface area contributed by atoms with Crippen LogP contribution in [0.3, 0.4) is 0 Å². The monoisotopic (exact) mass is 338 g/mol. The number of benzene rings is 2. The number of rotatable bonds is 1. The average Bonchev–Trinajstić information content (AvgIpc) is 2.65. The molecule has 0 spiro atoms. The first-order chi connectivity index (χ1) is 12.0. The highest BCUT2D eigenvalue weighted by atomic mass is 16.5. The van der Waals surface area contributed by atoms with Crippen LogP contribution in [-0.2, 0) is 4.74 Å². The molecule has 3 rings (SSSR count). The van der Waals surface area contributed by atoms with E-state index in [0.717, 1.165) is 16.3 Å². The molecule has 1 aliphatic heterocycles. The van der Waals surface area contributed by atoms with Crippen molar-refractivity contribution in [3.05, 3.63) is 47.5 Å². The molecule has 2 aromatic carbocycles. The molecule has 2 aromatic rings. The molecule has 0 bridgehead atoms. The first-order valence-corrected chi connectivity index (χ1v) is 7.86. The Bertz CT molecular complexity index is 871. The van der Waals surface area contributed by atoms with E-state index in [1.807, 2.05) is 36.4 Å². The second kappa shape index (κ2) is 7.25. The van der Waals surface area contributed by atoms with Gasteiger partial charge >= 0.3 is 0 Å². The van der Waals surface area contributed by atoms with Gasteiger partial charge in [-0.05, 0) is 35.0 Å². The Morgan fingerprint density at radius 1 is 0.920 bits per heavy atom. The van der Waals surface area contributed by atoms with E-state index in [-0.39, 0.29) is 0 Å². The minimum atomic E-state index is -1.43. The second-order valence-corrected chi connectivity index (χ2v) is 5.94. The largest absolute Gasteiger partial charge is 0.394 e. The Morgan fingerprint density at radius 3 is 2.28 bits per heavy atom. The fourth-order valence-electron chi connectivity index (χ4n) is 2.79. The standard InChI is InChI=1S/C20H18O5/c1-2-12-3-6-14-7-4-13(10-15(14)9-12)5-8-16-18(22)20(24)19(23)17(11-21)25-16/h1,3-4,6-7,9-10,16-24H,11H2/t16?,17?,18?,19-,20?/m1/s1. The molecule has 1 aliphatic rings. The van der Waals surface area contributed by atoms with Crippen LogP contribution in [0.2, 0.25) is 0 Å². The van der Waals surface area contributed by atoms with Gasteiger partial charge in [-0.25, -0.2) is 0 Å². The van der Waals surface area contributed by atoms with Gasteiger partial charge in [-0.1, -0.05) is 29.9 Å². The average molecular weight is 338 g/mol. The molecule has 0 radical (unpaired) electrons.